The van der Waals surface area contributed by atoms with Crippen molar-refractivity contribution in [1.29, 1.82) is 0 Å². The molecular formula is C13H21NO. The van der Waals surface area contributed by atoms with Crippen LogP contribution >= 0.6 is 0 Å². The molecular weight excluding hydrogens is 186 g/mol. The standard InChI is InChI=1S/C13H21NO/c1-5-10(2)11(3)14-12-7-6-8-13(9-12)15-4/h6-11,14H,5H2,1-4H3/t10-,11-/m1/s1. The van der Waals surface area contributed by atoms with Gasteiger partial charge in [0.2, 0.25) is 0 Å². The summed E-state index contributed by atoms with van der Waals surface area (Å²) in [6.07, 6.45) is 1.19. The maximum absolute atomic E-state index is 5.18. The predicted octanol–water partition coefficient (Wildman–Crippen LogP) is 3.54. The zero-order valence-corrected chi connectivity index (χ0v) is 10.1. The molecule has 0 spiro atoms. The highest BCUT2D eigenvalue weighted by Gasteiger charge is 2.09. The van der Waals surface area contributed by atoms with Crippen LogP contribution in [0.2, 0.25) is 0 Å². The molecule has 0 radical (unpaired) electrons. The van der Waals surface area contributed by atoms with Gasteiger partial charge in [0.25, 0.3) is 0 Å². The number of hydrogen-bond donors (Lipinski definition) is 1. The lowest BCUT2D eigenvalue weighted by Gasteiger charge is -2.21. The van der Waals surface area contributed by atoms with E-state index in [9.17, 15) is 0 Å². The molecule has 84 valence electrons. The van der Waals surface area contributed by atoms with Crippen LogP contribution in [-0.4, -0.2) is 13.2 Å². The van der Waals surface area contributed by atoms with Gasteiger partial charge in [-0.05, 0) is 25.0 Å². The average Bonchev–Trinajstić information content (AvgIpc) is 2.28. The van der Waals surface area contributed by atoms with Crippen LogP contribution in [0.3, 0.4) is 0 Å². The lowest BCUT2D eigenvalue weighted by Crippen LogP contribution is -2.23. The molecule has 0 saturated carbocycles. The Morgan fingerprint density at radius 2 is 2.07 bits per heavy atom. The number of nitrogens with one attached hydrogen (secondary N) is 1. The molecule has 15 heavy (non-hydrogen) atoms. The number of anilines is 1. The summed E-state index contributed by atoms with van der Waals surface area (Å²) in [5.41, 5.74) is 1.13. The van der Waals surface area contributed by atoms with Gasteiger partial charge in [-0.15, -0.1) is 0 Å². The molecule has 0 aliphatic carbocycles. The molecule has 1 N–H and O–H groups in total. The van der Waals surface area contributed by atoms with Crippen LogP contribution in [0.15, 0.2) is 24.3 Å². The Labute approximate surface area is 92.6 Å². The summed E-state index contributed by atoms with van der Waals surface area (Å²) in [4.78, 5) is 0. The van der Waals surface area contributed by atoms with Gasteiger partial charge >= 0.3 is 0 Å². The third kappa shape index (κ3) is 3.46. The van der Waals surface area contributed by atoms with Crippen LogP contribution in [0, 0.1) is 5.92 Å². The van der Waals surface area contributed by atoms with Gasteiger partial charge in [-0.25, -0.2) is 0 Å². The minimum Gasteiger partial charge on any atom is -0.497 e. The average molecular weight is 207 g/mol. The van der Waals surface area contributed by atoms with Crippen LogP contribution in [0.25, 0.3) is 0 Å². The minimum atomic E-state index is 0.488. The number of rotatable bonds is 5. The molecule has 0 heterocycles. The summed E-state index contributed by atoms with van der Waals surface area (Å²) in [7, 11) is 1.69. The summed E-state index contributed by atoms with van der Waals surface area (Å²) in [6, 6.07) is 8.55. The summed E-state index contributed by atoms with van der Waals surface area (Å²) in [6.45, 7) is 6.69. The first-order valence-electron chi connectivity index (χ1n) is 5.58. The molecule has 2 atom stereocenters. The number of ether oxygens (including phenoxy) is 1. The van der Waals surface area contributed by atoms with E-state index in [1.807, 2.05) is 18.2 Å². The van der Waals surface area contributed by atoms with Gasteiger partial charge < -0.3 is 10.1 Å². The van der Waals surface area contributed by atoms with Crippen LogP contribution in [0.1, 0.15) is 27.2 Å². The van der Waals surface area contributed by atoms with Crippen LogP contribution in [0.5, 0.6) is 5.75 Å². The van der Waals surface area contributed by atoms with Crippen molar-refractivity contribution >= 4 is 5.69 Å². The third-order valence-electron chi connectivity index (χ3n) is 2.96. The summed E-state index contributed by atoms with van der Waals surface area (Å²) in [5, 5.41) is 3.49. The van der Waals surface area contributed by atoms with E-state index in [1.165, 1.54) is 6.42 Å². The first kappa shape index (κ1) is 11.9. The van der Waals surface area contributed by atoms with Crippen molar-refractivity contribution in [2.75, 3.05) is 12.4 Å². The van der Waals surface area contributed by atoms with Gasteiger partial charge in [0, 0.05) is 17.8 Å². The second-order valence-corrected chi connectivity index (χ2v) is 4.05. The normalized spacial score (nSPS) is 14.4. The van der Waals surface area contributed by atoms with E-state index < -0.39 is 0 Å². The summed E-state index contributed by atoms with van der Waals surface area (Å²) >= 11 is 0. The Morgan fingerprint density at radius 3 is 2.67 bits per heavy atom. The van der Waals surface area contributed by atoms with Crippen molar-refractivity contribution in [3.05, 3.63) is 24.3 Å². The zero-order valence-electron chi connectivity index (χ0n) is 10.1. The van der Waals surface area contributed by atoms with Crippen molar-refractivity contribution in [2.45, 2.75) is 33.2 Å². The van der Waals surface area contributed by atoms with E-state index in [1.54, 1.807) is 7.11 Å². The Balaban J connectivity index is 2.63. The van der Waals surface area contributed by atoms with E-state index in [0.29, 0.717) is 12.0 Å². The third-order valence-corrected chi connectivity index (χ3v) is 2.96. The molecule has 0 aliphatic heterocycles. The maximum Gasteiger partial charge on any atom is 0.120 e. The first-order chi connectivity index (χ1) is 7.17. The molecule has 0 aromatic heterocycles. The van der Waals surface area contributed by atoms with Crippen LogP contribution in [-0.2, 0) is 0 Å². The SMILES string of the molecule is CC[C@@H](C)[C@@H](C)Nc1cccc(OC)c1. The van der Waals surface area contributed by atoms with Gasteiger partial charge in [-0.1, -0.05) is 26.3 Å². The van der Waals surface area contributed by atoms with Gasteiger partial charge in [0.1, 0.15) is 5.75 Å². The largest absolute Gasteiger partial charge is 0.497 e. The van der Waals surface area contributed by atoms with Crippen LogP contribution < -0.4 is 10.1 Å². The Morgan fingerprint density at radius 1 is 1.33 bits per heavy atom. The Kier molecular flexibility index (Phi) is 4.47. The smallest absolute Gasteiger partial charge is 0.120 e. The van der Waals surface area contributed by atoms with Crippen LogP contribution in [0.4, 0.5) is 5.69 Å². The summed E-state index contributed by atoms with van der Waals surface area (Å²) in [5.74, 6) is 1.58. The van der Waals surface area contributed by atoms with E-state index in [2.05, 4.69) is 32.2 Å². The lowest BCUT2D eigenvalue weighted by atomic mass is 10.0. The molecule has 0 amide bonds. The monoisotopic (exact) mass is 207 g/mol. The molecule has 0 unspecified atom stereocenters. The number of methoxy groups -OCH3 is 1. The van der Waals surface area contributed by atoms with Gasteiger partial charge in [-0.3, -0.25) is 0 Å². The fourth-order valence-electron chi connectivity index (χ4n) is 1.47. The topological polar surface area (TPSA) is 21.3 Å². The Bertz CT molecular complexity index is 298. The zero-order chi connectivity index (χ0) is 11.3. The van der Waals surface area contributed by atoms with Gasteiger partial charge in [0.05, 0.1) is 7.11 Å². The summed E-state index contributed by atoms with van der Waals surface area (Å²) < 4.78 is 5.18. The second kappa shape index (κ2) is 5.64. The van der Waals surface area contributed by atoms with Crippen molar-refractivity contribution in [3.8, 4) is 5.75 Å². The number of benzene rings is 1. The van der Waals surface area contributed by atoms with E-state index >= 15 is 0 Å². The molecule has 2 nitrogen and oxygen atoms in total. The van der Waals surface area contributed by atoms with Crippen molar-refractivity contribution in [3.63, 3.8) is 0 Å². The molecule has 1 rings (SSSR count). The highest BCUT2D eigenvalue weighted by molar-refractivity contribution is 5.48. The fourth-order valence-corrected chi connectivity index (χ4v) is 1.47. The molecule has 0 bridgehead atoms. The minimum absolute atomic E-state index is 0.488. The highest BCUT2D eigenvalue weighted by atomic mass is 16.5. The van der Waals surface area contributed by atoms with Gasteiger partial charge in [-0.2, -0.15) is 0 Å². The second-order valence-electron chi connectivity index (χ2n) is 4.05. The fraction of sp³-hybridized carbons (Fsp3) is 0.538. The molecule has 2 heteroatoms. The quantitative estimate of drug-likeness (QED) is 0.797. The van der Waals surface area contributed by atoms with Crippen molar-refractivity contribution in [1.82, 2.24) is 0 Å². The maximum atomic E-state index is 5.18. The Hall–Kier alpha value is -1.18. The number of hydrogen-bond acceptors (Lipinski definition) is 2. The predicted molar refractivity (Wildman–Crippen MR) is 65.5 cm³/mol. The first-order valence-corrected chi connectivity index (χ1v) is 5.58. The lowest BCUT2D eigenvalue weighted by molar-refractivity contribution is 0.415. The van der Waals surface area contributed by atoms with E-state index in [4.69, 9.17) is 4.74 Å². The van der Waals surface area contributed by atoms with Gasteiger partial charge in [0.15, 0.2) is 0 Å². The molecule has 0 fully saturated rings. The van der Waals surface area contributed by atoms with Crippen molar-refractivity contribution < 1.29 is 4.74 Å². The van der Waals surface area contributed by atoms with Crippen molar-refractivity contribution in [2.24, 2.45) is 5.92 Å². The molecule has 1 aromatic carbocycles. The molecule has 0 aliphatic rings. The van der Waals surface area contributed by atoms with E-state index in [-0.39, 0.29) is 0 Å². The molecule has 0 saturated heterocycles. The highest BCUT2D eigenvalue weighted by Crippen LogP contribution is 2.19. The molecule has 1 aromatic rings. The van der Waals surface area contributed by atoms with E-state index in [0.717, 1.165) is 11.4 Å².